The predicted octanol–water partition coefficient (Wildman–Crippen LogP) is 2.56. The van der Waals surface area contributed by atoms with E-state index in [-0.39, 0.29) is 25.0 Å². The van der Waals surface area contributed by atoms with Crippen LogP contribution in [-0.2, 0) is 14.3 Å². The van der Waals surface area contributed by atoms with E-state index in [2.05, 4.69) is 10.6 Å². The molecule has 2 N–H and O–H groups in total. The van der Waals surface area contributed by atoms with Crippen molar-refractivity contribution in [3.05, 3.63) is 29.3 Å². The summed E-state index contributed by atoms with van der Waals surface area (Å²) < 4.78 is 10.7. The second kappa shape index (κ2) is 11.0. The fraction of sp³-hybridized carbons (Fsp3) is 0.609. The lowest BCUT2D eigenvalue weighted by molar-refractivity contribution is -0.132. The molecule has 0 spiro atoms. The smallest absolute Gasteiger partial charge is 0.408 e. The summed E-state index contributed by atoms with van der Waals surface area (Å²) in [5.41, 5.74) is 1.56. The number of ether oxygens (including phenoxy) is 2. The monoisotopic (exact) mass is 433 g/mol. The van der Waals surface area contributed by atoms with E-state index in [0.29, 0.717) is 31.3 Å². The first-order chi connectivity index (χ1) is 14.5. The van der Waals surface area contributed by atoms with Crippen molar-refractivity contribution in [1.82, 2.24) is 15.5 Å². The van der Waals surface area contributed by atoms with E-state index in [1.165, 1.54) is 0 Å². The standard InChI is InChI=1S/C23H35N3O5/c1-16-6-7-19(17(2)12-16)30-15-20(27)24-13-18-8-10-26(11-9-18)21(28)14-25-22(29)31-23(3,4)5/h6-7,12,18H,8-11,13-15H2,1-5H3,(H,24,27)(H,25,29). The van der Waals surface area contributed by atoms with Gasteiger partial charge in [0.2, 0.25) is 5.91 Å². The molecule has 31 heavy (non-hydrogen) atoms. The van der Waals surface area contributed by atoms with Crippen molar-refractivity contribution in [1.29, 1.82) is 0 Å². The Morgan fingerprint density at radius 2 is 1.77 bits per heavy atom. The van der Waals surface area contributed by atoms with Gasteiger partial charge in [-0.3, -0.25) is 9.59 Å². The van der Waals surface area contributed by atoms with Gasteiger partial charge in [-0.15, -0.1) is 0 Å². The molecule has 0 radical (unpaired) electrons. The summed E-state index contributed by atoms with van der Waals surface area (Å²) in [7, 11) is 0. The van der Waals surface area contributed by atoms with Crippen LogP contribution in [0.5, 0.6) is 5.75 Å². The number of alkyl carbamates (subject to hydrolysis) is 1. The van der Waals surface area contributed by atoms with E-state index >= 15 is 0 Å². The Morgan fingerprint density at radius 1 is 1.10 bits per heavy atom. The third kappa shape index (κ3) is 8.86. The number of nitrogens with zero attached hydrogens (tertiary/aromatic N) is 1. The highest BCUT2D eigenvalue weighted by molar-refractivity contribution is 5.82. The Labute approximate surface area is 184 Å². The van der Waals surface area contributed by atoms with Gasteiger partial charge in [-0.1, -0.05) is 17.7 Å². The number of nitrogens with one attached hydrogen (secondary N) is 2. The Kier molecular flexibility index (Phi) is 8.71. The maximum atomic E-state index is 12.3. The van der Waals surface area contributed by atoms with Gasteiger partial charge in [0.05, 0.1) is 0 Å². The molecule has 172 valence electrons. The minimum Gasteiger partial charge on any atom is -0.484 e. The summed E-state index contributed by atoms with van der Waals surface area (Å²) >= 11 is 0. The van der Waals surface area contributed by atoms with Crippen LogP contribution >= 0.6 is 0 Å². The predicted molar refractivity (Wildman–Crippen MR) is 118 cm³/mol. The SMILES string of the molecule is Cc1ccc(OCC(=O)NCC2CCN(C(=O)CNC(=O)OC(C)(C)C)CC2)c(C)c1. The molecule has 1 fully saturated rings. The molecule has 1 aliphatic heterocycles. The van der Waals surface area contributed by atoms with Gasteiger partial charge in [0.1, 0.15) is 17.9 Å². The van der Waals surface area contributed by atoms with E-state index in [4.69, 9.17) is 9.47 Å². The number of carbonyl (C=O) groups excluding carboxylic acids is 3. The van der Waals surface area contributed by atoms with Crippen molar-refractivity contribution in [2.45, 2.75) is 53.1 Å². The van der Waals surface area contributed by atoms with Crippen LogP contribution in [0.2, 0.25) is 0 Å². The zero-order valence-corrected chi connectivity index (χ0v) is 19.2. The zero-order chi connectivity index (χ0) is 23.0. The van der Waals surface area contributed by atoms with E-state index in [0.717, 1.165) is 24.0 Å². The summed E-state index contributed by atoms with van der Waals surface area (Å²) in [5, 5.41) is 5.42. The molecule has 3 amide bonds. The van der Waals surface area contributed by atoms with Crippen molar-refractivity contribution < 1.29 is 23.9 Å². The van der Waals surface area contributed by atoms with Crippen molar-refractivity contribution in [2.75, 3.05) is 32.8 Å². The minimum absolute atomic E-state index is 0.0163. The number of rotatable bonds is 7. The van der Waals surface area contributed by atoms with Crippen LogP contribution in [-0.4, -0.2) is 61.2 Å². The Morgan fingerprint density at radius 3 is 2.39 bits per heavy atom. The molecule has 0 aliphatic carbocycles. The molecule has 0 bridgehead atoms. The Balaban J connectivity index is 1.63. The summed E-state index contributed by atoms with van der Waals surface area (Å²) in [6.07, 6.45) is 1.01. The molecule has 0 saturated carbocycles. The third-order valence-corrected chi connectivity index (χ3v) is 5.03. The minimum atomic E-state index is -0.597. The number of carbonyl (C=O) groups is 3. The summed E-state index contributed by atoms with van der Waals surface area (Å²) in [6.45, 7) is 11.0. The number of benzene rings is 1. The first kappa shape index (κ1) is 24.5. The lowest BCUT2D eigenvalue weighted by Crippen LogP contribution is -2.46. The van der Waals surface area contributed by atoms with Gasteiger partial charge in [0.15, 0.2) is 6.61 Å². The number of piperidine rings is 1. The van der Waals surface area contributed by atoms with Crippen LogP contribution < -0.4 is 15.4 Å². The van der Waals surface area contributed by atoms with Crippen molar-refractivity contribution in [3.63, 3.8) is 0 Å². The molecule has 1 aromatic rings. The summed E-state index contributed by atoms with van der Waals surface area (Å²) in [6, 6.07) is 5.85. The van der Waals surface area contributed by atoms with E-state index < -0.39 is 11.7 Å². The molecular weight excluding hydrogens is 398 g/mol. The molecule has 1 aromatic carbocycles. The number of hydrogen-bond acceptors (Lipinski definition) is 5. The van der Waals surface area contributed by atoms with Crippen molar-refractivity contribution in [3.8, 4) is 5.75 Å². The number of aryl methyl sites for hydroxylation is 2. The molecule has 0 unspecified atom stereocenters. The summed E-state index contributed by atoms with van der Waals surface area (Å²) in [5.74, 6) is 0.746. The normalized spacial score (nSPS) is 14.7. The lowest BCUT2D eigenvalue weighted by atomic mass is 9.96. The first-order valence-electron chi connectivity index (χ1n) is 10.7. The molecular formula is C23H35N3O5. The Hall–Kier alpha value is -2.77. The lowest BCUT2D eigenvalue weighted by Gasteiger charge is -2.32. The van der Waals surface area contributed by atoms with Gasteiger partial charge in [0.25, 0.3) is 5.91 Å². The van der Waals surface area contributed by atoms with Gasteiger partial charge >= 0.3 is 6.09 Å². The van der Waals surface area contributed by atoms with Crippen LogP contribution in [0.1, 0.15) is 44.7 Å². The average molecular weight is 434 g/mol. The average Bonchev–Trinajstić information content (AvgIpc) is 2.69. The van der Waals surface area contributed by atoms with Gasteiger partial charge < -0.3 is 25.0 Å². The van der Waals surface area contributed by atoms with Crippen LogP contribution in [0.4, 0.5) is 4.79 Å². The highest BCUT2D eigenvalue weighted by Gasteiger charge is 2.24. The first-order valence-corrected chi connectivity index (χ1v) is 10.7. The van der Waals surface area contributed by atoms with Gasteiger partial charge in [-0.25, -0.2) is 4.79 Å². The van der Waals surface area contributed by atoms with Crippen LogP contribution in [0, 0.1) is 19.8 Å². The molecule has 1 aliphatic rings. The second-order valence-electron chi connectivity index (χ2n) is 9.04. The Bertz CT molecular complexity index is 780. The maximum absolute atomic E-state index is 12.3. The largest absolute Gasteiger partial charge is 0.484 e. The second-order valence-corrected chi connectivity index (χ2v) is 9.04. The molecule has 2 rings (SSSR count). The molecule has 0 atom stereocenters. The molecule has 8 nitrogen and oxygen atoms in total. The van der Waals surface area contributed by atoms with E-state index in [1.54, 1.807) is 25.7 Å². The fourth-order valence-corrected chi connectivity index (χ4v) is 3.37. The third-order valence-electron chi connectivity index (χ3n) is 5.03. The quantitative estimate of drug-likeness (QED) is 0.689. The van der Waals surface area contributed by atoms with Crippen LogP contribution in [0.25, 0.3) is 0 Å². The van der Waals surface area contributed by atoms with Crippen molar-refractivity contribution in [2.24, 2.45) is 5.92 Å². The van der Waals surface area contributed by atoms with Crippen LogP contribution in [0.3, 0.4) is 0 Å². The number of hydrogen-bond donors (Lipinski definition) is 2. The summed E-state index contributed by atoms with van der Waals surface area (Å²) in [4.78, 5) is 37.8. The van der Waals surface area contributed by atoms with Crippen molar-refractivity contribution >= 4 is 17.9 Å². The van der Waals surface area contributed by atoms with E-state index in [1.807, 2.05) is 32.0 Å². The fourth-order valence-electron chi connectivity index (χ4n) is 3.37. The molecule has 0 aromatic heterocycles. The zero-order valence-electron chi connectivity index (χ0n) is 19.2. The molecule has 1 heterocycles. The molecule has 1 saturated heterocycles. The van der Waals surface area contributed by atoms with Gasteiger partial charge in [-0.05, 0) is 65.0 Å². The maximum Gasteiger partial charge on any atom is 0.408 e. The number of amides is 3. The molecule has 8 heteroatoms. The van der Waals surface area contributed by atoms with Gasteiger partial charge in [-0.2, -0.15) is 0 Å². The van der Waals surface area contributed by atoms with E-state index in [9.17, 15) is 14.4 Å². The topological polar surface area (TPSA) is 97.0 Å². The van der Waals surface area contributed by atoms with Gasteiger partial charge in [0, 0.05) is 19.6 Å². The van der Waals surface area contributed by atoms with Crippen LogP contribution in [0.15, 0.2) is 18.2 Å². The highest BCUT2D eigenvalue weighted by atomic mass is 16.6. The number of likely N-dealkylation sites (tertiary alicyclic amines) is 1. The highest BCUT2D eigenvalue weighted by Crippen LogP contribution is 2.19.